The Labute approximate surface area is 135 Å². The van der Waals surface area contributed by atoms with Crippen molar-refractivity contribution >= 4 is 17.4 Å². The van der Waals surface area contributed by atoms with Crippen LogP contribution >= 0.6 is 11.3 Å². The molecular formula is C17H21N3OS. The van der Waals surface area contributed by atoms with E-state index < -0.39 is 0 Å². The Kier molecular flexibility index (Phi) is 4.43. The topological polar surface area (TPSA) is 45.2 Å². The highest BCUT2D eigenvalue weighted by molar-refractivity contribution is 7.10. The van der Waals surface area contributed by atoms with Crippen molar-refractivity contribution in [1.29, 1.82) is 0 Å². The van der Waals surface area contributed by atoms with Gasteiger partial charge in [-0.05, 0) is 48.4 Å². The third-order valence-electron chi connectivity index (χ3n) is 4.27. The normalized spacial score (nSPS) is 18.6. The summed E-state index contributed by atoms with van der Waals surface area (Å²) in [6.45, 7) is 4.93. The molecule has 0 fully saturated rings. The molecule has 2 aromatic rings. The minimum absolute atomic E-state index is 0.0139. The Morgan fingerprint density at radius 2 is 2.41 bits per heavy atom. The summed E-state index contributed by atoms with van der Waals surface area (Å²) in [5.41, 5.74) is 2.35. The van der Waals surface area contributed by atoms with Crippen molar-refractivity contribution in [2.24, 2.45) is 0 Å². The lowest BCUT2D eigenvalue weighted by Gasteiger charge is -2.36. The largest absolute Gasteiger partial charge is 0.331 e. The molecule has 1 aliphatic heterocycles. The summed E-state index contributed by atoms with van der Waals surface area (Å²) in [7, 11) is 0. The number of nitrogens with zero attached hydrogens (tertiary/aromatic N) is 2. The fourth-order valence-corrected chi connectivity index (χ4v) is 3.99. The molecule has 0 aromatic carbocycles. The molecule has 3 heterocycles. The quantitative estimate of drug-likeness (QED) is 0.933. The molecule has 1 aliphatic rings. The number of pyridine rings is 1. The summed E-state index contributed by atoms with van der Waals surface area (Å²) in [6, 6.07) is 6.21. The van der Waals surface area contributed by atoms with E-state index in [2.05, 4.69) is 28.7 Å². The highest BCUT2D eigenvalue weighted by Gasteiger charge is 2.30. The van der Waals surface area contributed by atoms with Crippen LogP contribution in [0.5, 0.6) is 0 Å². The van der Waals surface area contributed by atoms with E-state index in [9.17, 15) is 4.79 Å². The average Bonchev–Trinajstić information content (AvgIpc) is 3.03. The fraction of sp³-hybridized carbons (Fsp3) is 0.412. The maximum Gasteiger partial charge on any atom is 0.318 e. The van der Waals surface area contributed by atoms with Crippen molar-refractivity contribution in [1.82, 2.24) is 15.2 Å². The second-order valence-corrected chi connectivity index (χ2v) is 6.62. The minimum atomic E-state index is -0.0393. The van der Waals surface area contributed by atoms with E-state index in [0.717, 1.165) is 24.9 Å². The number of amides is 2. The van der Waals surface area contributed by atoms with Crippen LogP contribution in [0.1, 0.15) is 48.4 Å². The van der Waals surface area contributed by atoms with Crippen molar-refractivity contribution in [2.75, 3.05) is 6.54 Å². The van der Waals surface area contributed by atoms with Crippen LogP contribution in [0.2, 0.25) is 0 Å². The molecule has 0 aliphatic carbocycles. The number of nitrogens with one attached hydrogen (secondary N) is 1. The van der Waals surface area contributed by atoms with E-state index in [-0.39, 0.29) is 18.1 Å². The van der Waals surface area contributed by atoms with E-state index in [1.807, 2.05) is 24.0 Å². The van der Waals surface area contributed by atoms with Crippen LogP contribution in [-0.4, -0.2) is 22.5 Å². The lowest BCUT2D eigenvalue weighted by Crippen LogP contribution is -2.45. The molecule has 2 atom stereocenters. The number of hydrogen-bond acceptors (Lipinski definition) is 3. The Hall–Kier alpha value is -1.88. The number of fused-ring (bicyclic) bond motifs is 1. The van der Waals surface area contributed by atoms with Crippen LogP contribution in [-0.2, 0) is 6.42 Å². The predicted octanol–water partition coefficient (Wildman–Crippen LogP) is 3.92. The minimum Gasteiger partial charge on any atom is -0.331 e. The molecule has 0 saturated heterocycles. The lowest BCUT2D eigenvalue weighted by molar-refractivity contribution is 0.165. The number of thiophene rings is 1. The Bertz CT molecular complexity index is 640. The van der Waals surface area contributed by atoms with Gasteiger partial charge in [0, 0.05) is 23.8 Å². The molecule has 22 heavy (non-hydrogen) atoms. The van der Waals surface area contributed by atoms with Gasteiger partial charge in [0.05, 0.1) is 12.1 Å². The van der Waals surface area contributed by atoms with Gasteiger partial charge in [0.2, 0.25) is 0 Å². The molecule has 116 valence electrons. The number of rotatable bonds is 3. The third kappa shape index (κ3) is 2.86. The zero-order valence-corrected chi connectivity index (χ0v) is 13.8. The summed E-state index contributed by atoms with van der Waals surface area (Å²) in [6.07, 6.45) is 5.44. The van der Waals surface area contributed by atoms with Crippen LogP contribution in [0, 0.1) is 0 Å². The van der Waals surface area contributed by atoms with Crippen molar-refractivity contribution in [3.63, 3.8) is 0 Å². The van der Waals surface area contributed by atoms with Crippen LogP contribution in [0.3, 0.4) is 0 Å². The summed E-state index contributed by atoms with van der Waals surface area (Å²) in [4.78, 5) is 20.2. The zero-order valence-electron chi connectivity index (χ0n) is 13.0. The monoisotopic (exact) mass is 315 g/mol. The van der Waals surface area contributed by atoms with Crippen LogP contribution in [0.4, 0.5) is 4.79 Å². The smallest absolute Gasteiger partial charge is 0.318 e. The zero-order chi connectivity index (χ0) is 15.5. The molecule has 0 saturated carbocycles. The Balaban J connectivity index is 1.72. The second kappa shape index (κ2) is 6.48. The molecule has 0 radical (unpaired) electrons. The summed E-state index contributed by atoms with van der Waals surface area (Å²) in [5, 5.41) is 5.24. The van der Waals surface area contributed by atoms with Gasteiger partial charge in [0.15, 0.2) is 0 Å². The Morgan fingerprint density at radius 3 is 3.14 bits per heavy atom. The second-order valence-electron chi connectivity index (χ2n) is 5.62. The third-order valence-corrected chi connectivity index (χ3v) is 5.26. The maximum absolute atomic E-state index is 12.7. The Morgan fingerprint density at radius 1 is 1.55 bits per heavy atom. The van der Waals surface area contributed by atoms with Crippen LogP contribution < -0.4 is 5.32 Å². The average molecular weight is 315 g/mol. The van der Waals surface area contributed by atoms with E-state index in [4.69, 9.17) is 0 Å². The molecule has 0 spiro atoms. The summed E-state index contributed by atoms with van der Waals surface area (Å²) < 4.78 is 0. The van der Waals surface area contributed by atoms with Gasteiger partial charge in [0.1, 0.15) is 0 Å². The van der Waals surface area contributed by atoms with Crippen LogP contribution in [0.25, 0.3) is 0 Å². The molecule has 2 amide bonds. The van der Waals surface area contributed by atoms with Crippen LogP contribution in [0.15, 0.2) is 36.0 Å². The maximum atomic E-state index is 12.7. The van der Waals surface area contributed by atoms with Gasteiger partial charge >= 0.3 is 6.03 Å². The van der Waals surface area contributed by atoms with E-state index in [1.54, 1.807) is 23.7 Å². The first-order valence-electron chi connectivity index (χ1n) is 7.74. The van der Waals surface area contributed by atoms with Gasteiger partial charge in [-0.25, -0.2) is 4.79 Å². The highest BCUT2D eigenvalue weighted by Crippen LogP contribution is 2.35. The number of hydrogen-bond donors (Lipinski definition) is 1. The van der Waals surface area contributed by atoms with Crippen molar-refractivity contribution in [3.8, 4) is 0 Å². The standard InChI is InChI=1S/C17H21N3OS/c1-3-15-14-7-10-22-16(14)6-9-20(15)17(21)19-12(2)13-5-4-8-18-11-13/h4-5,7-8,10-12,15H,3,6,9H2,1-2H3,(H,19,21)/t12-,15-/m1/s1. The lowest BCUT2D eigenvalue weighted by atomic mass is 9.98. The molecule has 4 nitrogen and oxygen atoms in total. The predicted molar refractivity (Wildman–Crippen MR) is 88.9 cm³/mol. The van der Waals surface area contributed by atoms with Gasteiger partial charge in [0.25, 0.3) is 0 Å². The van der Waals surface area contributed by atoms with E-state index in [0.29, 0.717) is 0 Å². The summed E-state index contributed by atoms with van der Waals surface area (Å²) in [5.74, 6) is 0. The number of carbonyl (C=O) groups excluding carboxylic acids is 1. The van der Waals surface area contributed by atoms with Gasteiger partial charge in [-0.15, -0.1) is 11.3 Å². The first-order chi connectivity index (χ1) is 10.7. The van der Waals surface area contributed by atoms with Gasteiger partial charge in [-0.3, -0.25) is 4.98 Å². The van der Waals surface area contributed by atoms with Gasteiger partial charge in [-0.2, -0.15) is 0 Å². The first-order valence-corrected chi connectivity index (χ1v) is 8.62. The molecule has 3 rings (SSSR count). The van der Waals surface area contributed by atoms with Crippen molar-refractivity contribution < 1.29 is 4.79 Å². The van der Waals surface area contributed by atoms with Gasteiger partial charge < -0.3 is 10.2 Å². The summed E-state index contributed by atoms with van der Waals surface area (Å²) >= 11 is 1.80. The SMILES string of the molecule is CC[C@@H]1c2ccsc2CCN1C(=O)N[C@H](C)c1cccnc1. The molecular weight excluding hydrogens is 294 g/mol. The molecule has 1 N–H and O–H groups in total. The fourth-order valence-electron chi connectivity index (χ4n) is 3.06. The van der Waals surface area contributed by atoms with E-state index in [1.165, 1.54) is 10.4 Å². The van der Waals surface area contributed by atoms with E-state index >= 15 is 0 Å². The number of aromatic nitrogens is 1. The molecule has 2 aromatic heterocycles. The highest BCUT2D eigenvalue weighted by atomic mass is 32.1. The van der Waals surface area contributed by atoms with Gasteiger partial charge in [-0.1, -0.05) is 13.0 Å². The number of carbonyl (C=O) groups is 1. The van der Waals surface area contributed by atoms with Crippen molar-refractivity contribution in [2.45, 2.75) is 38.8 Å². The first kappa shape index (κ1) is 15.0. The van der Waals surface area contributed by atoms with Crippen molar-refractivity contribution in [3.05, 3.63) is 52.0 Å². The molecule has 5 heteroatoms. The number of urea groups is 1. The molecule has 0 unspecified atom stereocenters. The molecule has 0 bridgehead atoms.